The lowest BCUT2D eigenvalue weighted by Crippen LogP contribution is -2.38. The van der Waals surface area contributed by atoms with Crippen molar-refractivity contribution < 1.29 is 9.90 Å². The SMILES string of the molecule is CC(O)(CNC(=O)c1ccc2c(c1)CCC2)c1ccccc1. The lowest BCUT2D eigenvalue weighted by Gasteiger charge is -2.24. The third-order valence-electron chi connectivity index (χ3n) is 4.35. The van der Waals surface area contributed by atoms with Crippen molar-refractivity contribution in [2.75, 3.05) is 6.54 Å². The smallest absolute Gasteiger partial charge is 0.251 e. The molecule has 0 fully saturated rings. The molecular weight excluding hydrogens is 274 g/mol. The van der Waals surface area contributed by atoms with Crippen molar-refractivity contribution in [3.63, 3.8) is 0 Å². The normalized spacial score (nSPS) is 15.9. The highest BCUT2D eigenvalue weighted by Crippen LogP contribution is 2.23. The van der Waals surface area contributed by atoms with E-state index in [-0.39, 0.29) is 12.5 Å². The number of fused-ring (bicyclic) bond motifs is 1. The van der Waals surface area contributed by atoms with Gasteiger partial charge in [-0.2, -0.15) is 0 Å². The second-order valence-electron chi connectivity index (χ2n) is 6.16. The molecule has 0 saturated heterocycles. The summed E-state index contributed by atoms with van der Waals surface area (Å²) in [6.45, 7) is 1.90. The van der Waals surface area contributed by atoms with E-state index < -0.39 is 5.60 Å². The summed E-state index contributed by atoms with van der Waals surface area (Å²) in [7, 11) is 0. The molecule has 0 aromatic heterocycles. The Morgan fingerprint density at radius 3 is 2.64 bits per heavy atom. The van der Waals surface area contributed by atoms with Gasteiger partial charge in [0.05, 0.1) is 6.54 Å². The number of carbonyl (C=O) groups excluding carboxylic acids is 1. The van der Waals surface area contributed by atoms with Crippen LogP contribution < -0.4 is 5.32 Å². The molecule has 1 aliphatic carbocycles. The lowest BCUT2D eigenvalue weighted by atomic mass is 9.96. The Morgan fingerprint density at radius 2 is 1.86 bits per heavy atom. The molecule has 1 unspecified atom stereocenters. The van der Waals surface area contributed by atoms with Crippen LogP contribution in [0.25, 0.3) is 0 Å². The third kappa shape index (κ3) is 3.04. The summed E-state index contributed by atoms with van der Waals surface area (Å²) in [6.07, 6.45) is 3.33. The van der Waals surface area contributed by atoms with Gasteiger partial charge in [0.25, 0.3) is 5.91 Å². The van der Waals surface area contributed by atoms with Gasteiger partial charge in [-0.15, -0.1) is 0 Å². The maximum Gasteiger partial charge on any atom is 0.251 e. The van der Waals surface area contributed by atoms with Gasteiger partial charge < -0.3 is 10.4 Å². The van der Waals surface area contributed by atoms with E-state index in [0.29, 0.717) is 5.56 Å². The van der Waals surface area contributed by atoms with E-state index in [2.05, 4.69) is 5.32 Å². The molecule has 1 amide bonds. The van der Waals surface area contributed by atoms with E-state index in [1.165, 1.54) is 17.5 Å². The second kappa shape index (κ2) is 5.93. The minimum Gasteiger partial charge on any atom is -0.384 e. The number of carbonyl (C=O) groups is 1. The van der Waals surface area contributed by atoms with Crippen LogP contribution in [0.5, 0.6) is 0 Å². The predicted octanol–water partition coefficient (Wildman–Crippen LogP) is 2.81. The van der Waals surface area contributed by atoms with Crippen molar-refractivity contribution in [1.29, 1.82) is 0 Å². The predicted molar refractivity (Wildman–Crippen MR) is 86.8 cm³/mol. The lowest BCUT2D eigenvalue weighted by molar-refractivity contribution is 0.0526. The highest BCUT2D eigenvalue weighted by molar-refractivity contribution is 5.94. The maximum absolute atomic E-state index is 12.3. The Bertz CT molecular complexity index is 677. The van der Waals surface area contributed by atoms with Gasteiger partial charge in [0.15, 0.2) is 0 Å². The fourth-order valence-electron chi connectivity index (χ4n) is 2.97. The molecule has 3 rings (SSSR count). The summed E-state index contributed by atoms with van der Waals surface area (Å²) in [6, 6.07) is 15.3. The van der Waals surface area contributed by atoms with Crippen LogP contribution in [-0.2, 0) is 18.4 Å². The standard InChI is InChI=1S/C19H21NO2/c1-19(22,17-8-3-2-4-9-17)13-20-18(21)16-11-10-14-6-5-7-15(14)12-16/h2-4,8-12,22H,5-7,13H2,1H3,(H,20,21). The highest BCUT2D eigenvalue weighted by atomic mass is 16.3. The first-order valence-corrected chi connectivity index (χ1v) is 7.74. The van der Waals surface area contributed by atoms with Crippen molar-refractivity contribution in [3.8, 4) is 0 Å². The highest BCUT2D eigenvalue weighted by Gasteiger charge is 2.24. The molecule has 2 aromatic carbocycles. The number of rotatable bonds is 4. The Balaban J connectivity index is 1.67. The van der Waals surface area contributed by atoms with Crippen molar-refractivity contribution in [2.45, 2.75) is 31.8 Å². The van der Waals surface area contributed by atoms with Crippen LogP contribution in [-0.4, -0.2) is 17.6 Å². The number of nitrogens with one attached hydrogen (secondary N) is 1. The Kier molecular flexibility index (Phi) is 3.99. The van der Waals surface area contributed by atoms with Crippen molar-refractivity contribution in [3.05, 3.63) is 70.8 Å². The van der Waals surface area contributed by atoms with Crippen molar-refractivity contribution >= 4 is 5.91 Å². The zero-order valence-electron chi connectivity index (χ0n) is 12.8. The monoisotopic (exact) mass is 295 g/mol. The van der Waals surface area contributed by atoms with Gasteiger partial charge in [0, 0.05) is 5.56 Å². The van der Waals surface area contributed by atoms with E-state index >= 15 is 0 Å². The first-order chi connectivity index (χ1) is 10.6. The van der Waals surface area contributed by atoms with Gasteiger partial charge in [0.2, 0.25) is 0 Å². The summed E-state index contributed by atoms with van der Waals surface area (Å²) in [5.74, 6) is -0.133. The van der Waals surface area contributed by atoms with Crippen LogP contribution in [0.3, 0.4) is 0 Å². The summed E-state index contributed by atoms with van der Waals surface area (Å²) >= 11 is 0. The van der Waals surface area contributed by atoms with Gasteiger partial charge in [-0.3, -0.25) is 4.79 Å². The Morgan fingerprint density at radius 1 is 1.14 bits per heavy atom. The minimum absolute atomic E-state index is 0.133. The summed E-state index contributed by atoms with van der Waals surface area (Å²) in [5.41, 5.74) is 3.03. The molecule has 3 heteroatoms. The van der Waals surface area contributed by atoms with Crippen LogP contribution in [0.1, 0.15) is 40.4 Å². The number of aryl methyl sites for hydroxylation is 2. The molecular formula is C19H21NO2. The summed E-state index contributed by atoms with van der Waals surface area (Å²) < 4.78 is 0. The molecule has 2 N–H and O–H groups in total. The second-order valence-corrected chi connectivity index (χ2v) is 6.16. The Hall–Kier alpha value is -2.13. The number of hydrogen-bond acceptors (Lipinski definition) is 2. The van der Waals surface area contributed by atoms with Crippen LogP contribution in [0.4, 0.5) is 0 Å². The fourth-order valence-corrected chi connectivity index (χ4v) is 2.97. The zero-order chi connectivity index (χ0) is 15.6. The minimum atomic E-state index is -1.08. The topological polar surface area (TPSA) is 49.3 Å². The summed E-state index contributed by atoms with van der Waals surface area (Å²) in [4.78, 5) is 12.3. The molecule has 1 atom stereocenters. The molecule has 0 heterocycles. The molecule has 0 spiro atoms. The molecule has 114 valence electrons. The van der Waals surface area contributed by atoms with Crippen LogP contribution in [0.15, 0.2) is 48.5 Å². The van der Waals surface area contributed by atoms with E-state index in [1.54, 1.807) is 6.92 Å². The first kappa shape index (κ1) is 14.8. The Labute approximate surface area is 131 Å². The molecule has 2 aromatic rings. The zero-order valence-corrected chi connectivity index (χ0v) is 12.8. The number of hydrogen-bond donors (Lipinski definition) is 2. The van der Waals surface area contributed by atoms with E-state index in [9.17, 15) is 9.90 Å². The average Bonchev–Trinajstić information content (AvgIpc) is 3.01. The number of aliphatic hydroxyl groups is 1. The van der Waals surface area contributed by atoms with Crippen LogP contribution >= 0.6 is 0 Å². The van der Waals surface area contributed by atoms with Crippen molar-refractivity contribution in [1.82, 2.24) is 5.32 Å². The molecule has 1 aliphatic rings. The summed E-state index contributed by atoms with van der Waals surface area (Å²) in [5, 5.41) is 13.4. The number of amides is 1. The van der Waals surface area contributed by atoms with E-state index in [0.717, 1.165) is 18.4 Å². The van der Waals surface area contributed by atoms with Crippen LogP contribution in [0.2, 0.25) is 0 Å². The molecule has 0 aliphatic heterocycles. The van der Waals surface area contributed by atoms with Gasteiger partial charge in [-0.25, -0.2) is 0 Å². The van der Waals surface area contributed by atoms with Crippen LogP contribution in [0, 0.1) is 0 Å². The van der Waals surface area contributed by atoms with Gasteiger partial charge in [-0.05, 0) is 55.0 Å². The van der Waals surface area contributed by atoms with E-state index in [1.807, 2.05) is 48.5 Å². The molecule has 0 radical (unpaired) electrons. The molecule has 3 nitrogen and oxygen atoms in total. The first-order valence-electron chi connectivity index (χ1n) is 7.74. The largest absolute Gasteiger partial charge is 0.384 e. The fraction of sp³-hybridized carbons (Fsp3) is 0.316. The third-order valence-corrected chi connectivity index (χ3v) is 4.35. The average molecular weight is 295 g/mol. The van der Waals surface area contributed by atoms with E-state index in [4.69, 9.17) is 0 Å². The van der Waals surface area contributed by atoms with Crippen molar-refractivity contribution in [2.24, 2.45) is 0 Å². The van der Waals surface area contributed by atoms with Gasteiger partial charge in [-0.1, -0.05) is 36.4 Å². The molecule has 0 saturated carbocycles. The molecule has 22 heavy (non-hydrogen) atoms. The quantitative estimate of drug-likeness (QED) is 0.911. The maximum atomic E-state index is 12.3. The van der Waals surface area contributed by atoms with Gasteiger partial charge >= 0.3 is 0 Å². The van der Waals surface area contributed by atoms with Gasteiger partial charge in [0.1, 0.15) is 5.60 Å². The number of benzene rings is 2. The molecule has 0 bridgehead atoms.